The molecule has 1 rings (SSSR count). The SMILES string of the molecule is CC.CNCCSC1=CC(=O)C(C)C1=O. The molecule has 0 radical (unpaired) electrons. The Morgan fingerprint density at radius 1 is 1.40 bits per heavy atom. The molecule has 0 spiro atoms. The lowest BCUT2D eigenvalue weighted by atomic mass is 10.1. The Hall–Kier alpha value is -0.610. The van der Waals surface area contributed by atoms with Crippen LogP contribution in [0.25, 0.3) is 0 Å². The Morgan fingerprint density at radius 2 is 2.00 bits per heavy atom. The second-order valence-corrected chi connectivity index (χ2v) is 4.09. The molecule has 1 aliphatic rings. The Bertz CT molecular complexity index is 261. The molecule has 0 amide bonds. The van der Waals surface area contributed by atoms with Gasteiger partial charge in [-0.05, 0) is 20.0 Å². The molecule has 0 saturated carbocycles. The summed E-state index contributed by atoms with van der Waals surface area (Å²) in [5.74, 6) is 0.300. The molecule has 4 heteroatoms. The van der Waals surface area contributed by atoms with Crippen LogP contribution >= 0.6 is 11.8 Å². The lowest BCUT2D eigenvalue weighted by Gasteiger charge is -2.01. The average molecular weight is 229 g/mol. The maximum Gasteiger partial charge on any atom is 0.179 e. The first-order valence-electron chi connectivity index (χ1n) is 5.24. The first kappa shape index (κ1) is 14.4. The number of carbonyl (C=O) groups excluding carboxylic acids is 2. The van der Waals surface area contributed by atoms with Crippen LogP contribution in [0.5, 0.6) is 0 Å². The zero-order valence-electron chi connectivity index (χ0n) is 9.79. The van der Waals surface area contributed by atoms with Crippen LogP contribution in [0.2, 0.25) is 0 Å². The molecule has 0 aliphatic heterocycles. The van der Waals surface area contributed by atoms with Crippen LogP contribution in [-0.4, -0.2) is 30.9 Å². The Balaban J connectivity index is 0.000000921. The number of thioether (sulfide) groups is 1. The highest BCUT2D eigenvalue weighted by Gasteiger charge is 2.30. The van der Waals surface area contributed by atoms with E-state index < -0.39 is 5.92 Å². The van der Waals surface area contributed by atoms with Gasteiger partial charge in [0.15, 0.2) is 11.6 Å². The van der Waals surface area contributed by atoms with E-state index in [9.17, 15) is 9.59 Å². The van der Waals surface area contributed by atoms with Gasteiger partial charge in [0.25, 0.3) is 0 Å². The van der Waals surface area contributed by atoms with Crippen molar-refractivity contribution in [1.82, 2.24) is 5.32 Å². The van der Waals surface area contributed by atoms with E-state index in [2.05, 4.69) is 5.32 Å². The van der Waals surface area contributed by atoms with Crippen molar-refractivity contribution < 1.29 is 9.59 Å². The molecule has 1 atom stereocenters. The molecule has 0 heterocycles. The average Bonchev–Trinajstić information content (AvgIpc) is 2.50. The molecule has 1 aliphatic carbocycles. The first-order chi connectivity index (χ1) is 7.16. The molecule has 86 valence electrons. The van der Waals surface area contributed by atoms with Crippen molar-refractivity contribution in [3.8, 4) is 0 Å². The predicted molar refractivity (Wildman–Crippen MR) is 65.0 cm³/mol. The summed E-state index contributed by atoms with van der Waals surface area (Å²) in [5, 5.41) is 2.98. The van der Waals surface area contributed by atoms with Gasteiger partial charge < -0.3 is 5.32 Å². The highest BCUT2D eigenvalue weighted by molar-refractivity contribution is 8.04. The van der Waals surface area contributed by atoms with Gasteiger partial charge in [0.1, 0.15) is 0 Å². The summed E-state index contributed by atoms with van der Waals surface area (Å²) in [4.78, 5) is 23.1. The summed E-state index contributed by atoms with van der Waals surface area (Å²) in [5.41, 5.74) is 0. The van der Waals surface area contributed by atoms with Gasteiger partial charge in [0, 0.05) is 12.3 Å². The number of hydrogen-bond acceptors (Lipinski definition) is 4. The quantitative estimate of drug-likeness (QED) is 0.588. The van der Waals surface area contributed by atoms with Gasteiger partial charge in [-0.15, -0.1) is 11.8 Å². The minimum Gasteiger partial charge on any atom is -0.319 e. The van der Waals surface area contributed by atoms with Crippen molar-refractivity contribution in [1.29, 1.82) is 0 Å². The highest BCUT2D eigenvalue weighted by atomic mass is 32.2. The second-order valence-electron chi connectivity index (χ2n) is 2.95. The maximum atomic E-state index is 11.4. The van der Waals surface area contributed by atoms with Crippen LogP contribution < -0.4 is 5.32 Å². The normalized spacial score (nSPS) is 19.7. The van der Waals surface area contributed by atoms with Gasteiger partial charge in [-0.25, -0.2) is 0 Å². The fourth-order valence-electron chi connectivity index (χ4n) is 1.04. The molecular weight excluding hydrogens is 210 g/mol. The summed E-state index contributed by atoms with van der Waals surface area (Å²) in [6.45, 7) is 6.50. The molecule has 0 aromatic carbocycles. The predicted octanol–water partition coefficient (Wildman–Crippen LogP) is 1.64. The topological polar surface area (TPSA) is 46.2 Å². The van der Waals surface area contributed by atoms with Gasteiger partial charge in [0.2, 0.25) is 0 Å². The highest BCUT2D eigenvalue weighted by Crippen LogP contribution is 2.26. The summed E-state index contributed by atoms with van der Waals surface area (Å²) in [6.07, 6.45) is 1.47. The van der Waals surface area contributed by atoms with Gasteiger partial charge >= 0.3 is 0 Å². The van der Waals surface area contributed by atoms with E-state index in [4.69, 9.17) is 0 Å². The molecule has 0 aromatic rings. The van der Waals surface area contributed by atoms with E-state index in [-0.39, 0.29) is 11.6 Å². The van der Waals surface area contributed by atoms with Crippen molar-refractivity contribution in [2.24, 2.45) is 5.92 Å². The first-order valence-corrected chi connectivity index (χ1v) is 6.22. The molecule has 0 bridgehead atoms. The number of Topliss-reactive ketones (excluding diaryl/α,β-unsaturated/α-hetero) is 1. The van der Waals surface area contributed by atoms with Crippen molar-refractivity contribution in [2.45, 2.75) is 20.8 Å². The van der Waals surface area contributed by atoms with E-state index in [1.807, 2.05) is 20.9 Å². The number of hydrogen-bond donors (Lipinski definition) is 1. The third-order valence-electron chi connectivity index (χ3n) is 1.95. The summed E-state index contributed by atoms with van der Waals surface area (Å²) in [7, 11) is 1.86. The Morgan fingerprint density at radius 3 is 2.40 bits per heavy atom. The molecule has 0 saturated heterocycles. The second kappa shape index (κ2) is 7.65. The number of nitrogens with one attached hydrogen (secondary N) is 1. The molecule has 1 unspecified atom stereocenters. The number of ketones is 2. The van der Waals surface area contributed by atoms with Crippen LogP contribution in [-0.2, 0) is 9.59 Å². The summed E-state index contributed by atoms with van der Waals surface area (Å²) in [6, 6.07) is 0. The standard InChI is InChI=1S/C9H13NO2S.C2H6/c1-6-7(11)5-8(9(6)12)13-4-3-10-2;1-2/h5-6,10H,3-4H2,1-2H3;1-2H3. The lowest BCUT2D eigenvalue weighted by molar-refractivity contribution is -0.125. The fraction of sp³-hybridized carbons (Fsp3) is 0.636. The molecule has 0 aromatic heterocycles. The van der Waals surface area contributed by atoms with Gasteiger partial charge in [-0.3, -0.25) is 9.59 Å². The van der Waals surface area contributed by atoms with E-state index in [0.29, 0.717) is 4.91 Å². The minimum absolute atomic E-state index is 0.0221. The van der Waals surface area contributed by atoms with Crippen molar-refractivity contribution in [2.75, 3.05) is 19.3 Å². The van der Waals surface area contributed by atoms with Crippen LogP contribution in [0.3, 0.4) is 0 Å². The van der Waals surface area contributed by atoms with Crippen LogP contribution in [0, 0.1) is 5.92 Å². The van der Waals surface area contributed by atoms with E-state index in [0.717, 1.165) is 12.3 Å². The van der Waals surface area contributed by atoms with Crippen LogP contribution in [0.1, 0.15) is 20.8 Å². The van der Waals surface area contributed by atoms with Crippen LogP contribution in [0.4, 0.5) is 0 Å². The molecular formula is C11H19NO2S. The number of carbonyl (C=O) groups is 2. The van der Waals surface area contributed by atoms with Gasteiger partial charge in [-0.2, -0.15) is 0 Å². The van der Waals surface area contributed by atoms with E-state index in [1.54, 1.807) is 6.92 Å². The largest absolute Gasteiger partial charge is 0.319 e. The monoisotopic (exact) mass is 229 g/mol. The summed E-state index contributed by atoms with van der Waals surface area (Å²) < 4.78 is 0. The zero-order valence-corrected chi connectivity index (χ0v) is 10.6. The van der Waals surface area contributed by atoms with Gasteiger partial charge in [-0.1, -0.05) is 13.8 Å². The molecule has 1 N–H and O–H groups in total. The van der Waals surface area contributed by atoms with E-state index >= 15 is 0 Å². The third kappa shape index (κ3) is 4.18. The van der Waals surface area contributed by atoms with E-state index in [1.165, 1.54) is 17.8 Å². The lowest BCUT2D eigenvalue weighted by Crippen LogP contribution is -2.13. The van der Waals surface area contributed by atoms with Crippen molar-refractivity contribution >= 4 is 23.3 Å². The number of allylic oxidation sites excluding steroid dienone is 2. The van der Waals surface area contributed by atoms with Crippen molar-refractivity contribution in [3.63, 3.8) is 0 Å². The van der Waals surface area contributed by atoms with Gasteiger partial charge in [0.05, 0.1) is 10.8 Å². The zero-order chi connectivity index (χ0) is 11.8. The minimum atomic E-state index is -0.447. The smallest absolute Gasteiger partial charge is 0.179 e. The Kier molecular flexibility index (Phi) is 7.34. The van der Waals surface area contributed by atoms with Crippen molar-refractivity contribution in [3.05, 3.63) is 11.0 Å². The maximum absolute atomic E-state index is 11.4. The Labute approximate surface area is 95.7 Å². The summed E-state index contributed by atoms with van der Waals surface area (Å²) >= 11 is 1.45. The van der Waals surface area contributed by atoms with Crippen LogP contribution in [0.15, 0.2) is 11.0 Å². The number of rotatable bonds is 4. The fourth-order valence-corrected chi connectivity index (χ4v) is 2.09. The molecule has 15 heavy (non-hydrogen) atoms. The third-order valence-corrected chi connectivity index (χ3v) is 2.98. The molecule has 3 nitrogen and oxygen atoms in total. The molecule has 0 fully saturated rings.